The Labute approximate surface area is 69.0 Å². The third-order valence-electron chi connectivity index (χ3n) is 1.79. The van der Waals surface area contributed by atoms with Crippen molar-refractivity contribution in [2.45, 2.75) is 6.61 Å². The molecule has 1 aromatic carbocycles. The zero-order chi connectivity index (χ0) is 8.55. The number of nitrogen functional groups attached to an aromatic ring is 1. The fourth-order valence-electron chi connectivity index (χ4n) is 1.24. The lowest BCUT2D eigenvalue weighted by Gasteiger charge is -1.95. The number of aromatic amines is 1. The van der Waals surface area contributed by atoms with Gasteiger partial charge in [-0.25, -0.2) is 4.98 Å². The number of fused-ring (bicyclic) bond motifs is 1. The van der Waals surface area contributed by atoms with Crippen LogP contribution >= 0.6 is 0 Å². The Morgan fingerprint density at radius 2 is 2.33 bits per heavy atom. The molecule has 0 radical (unpaired) electrons. The largest absolute Gasteiger partial charge is 0.392 e. The Balaban J connectivity index is 2.78. The number of imidazole rings is 1. The van der Waals surface area contributed by atoms with Gasteiger partial charge >= 0.3 is 0 Å². The van der Waals surface area contributed by atoms with E-state index in [1.54, 1.807) is 0 Å². The molecule has 1 aromatic heterocycles. The van der Waals surface area contributed by atoms with Gasteiger partial charge in [-0.3, -0.25) is 0 Å². The summed E-state index contributed by atoms with van der Waals surface area (Å²) in [6.07, 6.45) is 0. The number of benzene rings is 1. The standard InChI is InChI=1S/C8H9N3O/c9-8-10-6-3-1-2-5(4-12)7(6)11-8/h1-3,12H,4H2,(H3,9,10,11). The first-order chi connectivity index (χ1) is 5.81. The van der Waals surface area contributed by atoms with Gasteiger partial charge in [-0.1, -0.05) is 12.1 Å². The number of nitrogens with zero attached hydrogens (tertiary/aromatic N) is 1. The summed E-state index contributed by atoms with van der Waals surface area (Å²) in [5.74, 6) is 0.380. The molecular formula is C8H9N3O. The Kier molecular flexibility index (Phi) is 1.48. The van der Waals surface area contributed by atoms with Crippen LogP contribution in [-0.2, 0) is 6.61 Å². The molecule has 0 saturated heterocycles. The highest BCUT2D eigenvalue weighted by Crippen LogP contribution is 2.16. The van der Waals surface area contributed by atoms with Gasteiger partial charge < -0.3 is 15.8 Å². The quantitative estimate of drug-likeness (QED) is 0.577. The van der Waals surface area contributed by atoms with Crippen LogP contribution in [0.1, 0.15) is 5.56 Å². The van der Waals surface area contributed by atoms with Gasteiger partial charge in [0.2, 0.25) is 0 Å². The van der Waals surface area contributed by atoms with Crippen molar-refractivity contribution < 1.29 is 5.11 Å². The summed E-state index contributed by atoms with van der Waals surface area (Å²) < 4.78 is 0. The maximum absolute atomic E-state index is 8.96. The molecule has 0 saturated carbocycles. The van der Waals surface area contributed by atoms with Crippen molar-refractivity contribution in [3.8, 4) is 0 Å². The number of nitrogens with one attached hydrogen (secondary N) is 1. The maximum atomic E-state index is 8.96. The fraction of sp³-hybridized carbons (Fsp3) is 0.125. The fourth-order valence-corrected chi connectivity index (χ4v) is 1.24. The van der Waals surface area contributed by atoms with Crippen LogP contribution in [0.25, 0.3) is 11.0 Å². The number of H-pyrrole nitrogens is 1. The monoisotopic (exact) mass is 163 g/mol. The van der Waals surface area contributed by atoms with Gasteiger partial charge in [0.05, 0.1) is 17.6 Å². The number of para-hydroxylation sites is 1. The van der Waals surface area contributed by atoms with Crippen molar-refractivity contribution in [2.75, 3.05) is 5.73 Å². The predicted molar refractivity (Wildman–Crippen MR) is 46.4 cm³/mol. The highest BCUT2D eigenvalue weighted by atomic mass is 16.3. The van der Waals surface area contributed by atoms with E-state index in [0.29, 0.717) is 5.95 Å². The van der Waals surface area contributed by atoms with Crippen molar-refractivity contribution in [1.29, 1.82) is 0 Å². The van der Waals surface area contributed by atoms with E-state index in [1.807, 2.05) is 18.2 Å². The SMILES string of the molecule is Nc1nc2cccc(CO)c2[nH]1. The summed E-state index contributed by atoms with van der Waals surface area (Å²) in [7, 11) is 0. The van der Waals surface area contributed by atoms with Gasteiger partial charge in [-0.05, 0) is 6.07 Å². The number of aliphatic hydroxyl groups excluding tert-OH is 1. The third kappa shape index (κ3) is 0.931. The maximum Gasteiger partial charge on any atom is 0.198 e. The first kappa shape index (κ1) is 7.12. The second-order valence-corrected chi connectivity index (χ2v) is 2.59. The molecular weight excluding hydrogens is 154 g/mol. The smallest absolute Gasteiger partial charge is 0.198 e. The lowest BCUT2D eigenvalue weighted by Crippen LogP contribution is -1.86. The van der Waals surface area contributed by atoms with Crippen LogP contribution < -0.4 is 5.73 Å². The average molecular weight is 163 g/mol. The van der Waals surface area contributed by atoms with Gasteiger partial charge in [-0.15, -0.1) is 0 Å². The van der Waals surface area contributed by atoms with Crippen molar-refractivity contribution in [2.24, 2.45) is 0 Å². The predicted octanol–water partition coefficient (Wildman–Crippen LogP) is 0.637. The molecule has 62 valence electrons. The van der Waals surface area contributed by atoms with E-state index in [9.17, 15) is 0 Å². The number of hydrogen-bond donors (Lipinski definition) is 3. The third-order valence-corrected chi connectivity index (χ3v) is 1.79. The van der Waals surface area contributed by atoms with Crippen LogP contribution in [-0.4, -0.2) is 15.1 Å². The van der Waals surface area contributed by atoms with Gasteiger partial charge in [-0.2, -0.15) is 0 Å². The lowest BCUT2D eigenvalue weighted by atomic mass is 10.2. The van der Waals surface area contributed by atoms with Crippen LogP contribution in [0.2, 0.25) is 0 Å². The van der Waals surface area contributed by atoms with Crippen LogP contribution in [0.15, 0.2) is 18.2 Å². The first-order valence-corrected chi connectivity index (χ1v) is 3.65. The molecule has 0 aliphatic carbocycles. The van der Waals surface area contributed by atoms with Crippen LogP contribution in [0.4, 0.5) is 5.95 Å². The van der Waals surface area contributed by atoms with E-state index >= 15 is 0 Å². The summed E-state index contributed by atoms with van der Waals surface area (Å²) >= 11 is 0. The molecule has 2 rings (SSSR count). The van der Waals surface area contributed by atoms with E-state index in [4.69, 9.17) is 10.8 Å². The molecule has 0 bridgehead atoms. The molecule has 4 N–H and O–H groups in total. The second kappa shape index (κ2) is 2.49. The molecule has 0 unspecified atom stereocenters. The number of anilines is 1. The number of nitrogens with two attached hydrogens (primary N) is 1. The van der Waals surface area contributed by atoms with Gasteiger partial charge in [0.1, 0.15) is 0 Å². The molecule has 0 aliphatic heterocycles. The van der Waals surface area contributed by atoms with Crippen LogP contribution in [0, 0.1) is 0 Å². The number of aromatic nitrogens is 2. The Morgan fingerprint density at radius 3 is 3.08 bits per heavy atom. The van der Waals surface area contributed by atoms with Crippen molar-refractivity contribution in [3.63, 3.8) is 0 Å². The number of aliphatic hydroxyl groups is 1. The van der Waals surface area contributed by atoms with Crippen molar-refractivity contribution in [3.05, 3.63) is 23.8 Å². The molecule has 4 nitrogen and oxygen atoms in total. The molecule has 12 heavy (non-hydrogen) atoms. The summed E-state index contributed by atoms with van der Waals surface area (Å²) in [5, 5.41) is 8.96. The minimum atomic E-state index is -0.00102. The van der Waals surface area contributed by atoms with Crippen LogP contribution in [0.3, 0.4) is 0 Å². The molecule has 0 spiro atoms. The molecule has 4 heteroatoms. The highest BCUT2D eigenvalue weighted by Gasteiger charge is 2.02. The summed E-state index contributed by atoms with van der Waals surface area (Å²) in [5.41, 5.74) is 7.89. The van der Waals surface area contributed by atoms with Gasteiger partial charge in [0.15, 0.2) is 5.95 Å². The minimum Gasteiger partial charge on any atom is -0.392 e. The molecule has 0 aliphatic rings. The Morgan fingerprint density at radius 1 is 1.50 bits per heavy atom. The van der Waals surface area contributed by atoms with Crippen molar-refractivity contribution >= 4 is 17.0 Å². The molecule has 0 atom stereocenters. The minimum absolute atomic E-state index is 0.00102. The summed E-state index contributed by atoms with van der Waals surface area (Å²) in [6.45, 7) is -0.00102. The molecule has 1 heterocycles. The molecule has 0 fully saturated rings. The second-order valence-electron chi connectivity index (χ2n) is 2.59. The highest BCUT2D eigenvalue weighted by molar-refractivity contribution is 5.80. The summed E-state index contributed by atoms with van der Waals surface area (Å²) in [6, 6.07) is 5.52. The zero-order valence-electron chi connectivity index (χ0n) is 6.41. The van der Waals surface area contributed by atoms with Crippen LogP contribution in [0.5, 0.6) is 0 Å². The van der Waals surface area contributed by atoms with E-state index < -0.39 is 0 Å². The number of hydrogen-bond acceptors (Lipinski definition) is 3. The molecule has 0 amide bonds. The normalized spacial score (nSPS) is 10.8. The topological polar surface area (TPSA) is 74.9 Å². The first-order valence-electron chi connectivity index (χ1n) is 3.65. The van der Waals surface area contributed by atoms with Gasteiger partial charge in [0, 0.05) is 5.56 Å². The Bertz CT molecular complexity index is 408. The Hall–Kier alpha value is -1.55. The average Bonchev–Trinajstić information content (AvgIpc) is 2.44. The zero-order valence-corrected chi connectivity index (χ0v) is 6.41. The summed E-state index contributed by atoms with van der Waals surface area (Å²) in [4.78, 5) is 6.92. The molecule has 2 aromatic rings. The van der Waals surface area contributed by atoms with E-state index in [2.05, 4.69) is 9.97 Å². The lowest BCUT2D eigenvalue weighted by molar-refractivity contribution is 0.283. The van der Waals surface area contributed by atoms with E-state index in [1.165, 1.54) is 0 Å². The van der Waals surface area contributed by atoms with Gasteiger partial charge in [0.25, 0.3) is 0 Å². The number of rotatable bonds is 1. The van der Waals surface area contributed by atoms with Crippen molar-refractivity contribution in [1.82, 2.24) is 9.97 Å². The van der Waals surface area contributed by atoms with E-state index in [-0.39, 0.29) is 6.61 Å². The van der Waals surface area contributed by atoms with E-state index in [0.717, 1.165) is 16.6 Å².